The molecule has 5 heteroatoms. The van der Waals surface area contributed by atoms with E-state index in [1.165, 1.54) is 6.26 Å². The van der Waals surface area contributed by atoms with Crippen LogP contribution in [0.5, 0.6) is 0 Å². The van der Waals surface area contributed by atoms with E-state index in [-0.39, 0.29) is 17.6 Å². The number of carbonyl (C=O) groups excluding carboxylic acids is 2. The zero-order chi connectivity index (χ0) is 13.9. The number of hydrogen-bond donors (Lipinski definition) is 1. The third kappa shape index (κ3) is 2.18. The van der Waals surface area contributed by atoms with Gasteiger partial charge in [-0.2, -0.15) is 0 Å². The second-order valence-electron chi connectivity index (χ2n) is 4.58. The predicted octanol–water partition coefficient (Wildman–Crippen LogP) is 1.59. The summed E-state index contributed by atoms with van der Waals surface area (Å²) in [5, 5.41) is 2.80. The van der Waals surface area contributed by atoms with E-state index < -0.39 is 6.04 Å². The van der Waals surface area contributed by atoms with Gasteiger partial charge >= 0.3 is 0 Å². The Morgan fingerprint density at radius 1 is 1.20 bits per heavy atom. The summed E-state index contributed by atoms with van der Waals surface area (Å²) in [5.74, 6) is -0.179. The summed E-state index contributed by atoms with van der Waals surface area (Å²) in [5.41, 5.74) is 0.796. The molecule has 1 unspecified atom stereocenters. The van der Waals surface area contributed by atoms with Gasteiger partial charge in [-0.25, -0.2) is 0 Å². The van der Waals surface area contributed by atoms with Crippen LogP contribution in [0.1, 0.15) is 22.2 Å². The van der Waals surface area contributed by atoms with Crippen molar-refractivity contribution in [3.63, 3.8) is 0 Å². The van der Waals surface area contributed by atoms with E-state index in [4.69, 9.17) is 4.42 Å². The fraction of sp³-hybridized carbons (Fsp3) is 0.200. The highest BCUT2D eigenvalue weighted by molar-refractivity contribution is 5.96. The Bertz CT molecular complexity index is 607. The lowest BCUT2D eigenvalue weighted by Crippen LogP contribution is -2.52. The van der Waals surface area contributed by atoms with Crippen LogP contribution in [0.25, 0.3) is 0 Å². The molecule has 1 aliphatic heterocycles. The van der Waals surface area contributed by atoms with Gasteiger partial charge in [-0.3, -0.25) is 9.59 Å². The normalized spacial score (nSPS) is 18.7. The van der Waals surface area contributed by atoms with Gasteiger partial charge in [-0.05, 0) is 17.7 Å². The van der Waals surface area contributed by atoms with E-state index in [1.54, 1.807) is 17.0 Å². The zero-order valence-electron chi connectivity index (χ0n) is 10.8. The molecule has 1 fully saturated rings. The number of benzene rings is 1. The first kappa shape index (κ1) is 12.5. The standard InChI is InChI=1S/C15H14N2O3/c18-14-13(11-5-2-1-3-6-11)17(9-8-16-14)15(19)12-7-4-10-20-12/h1-7,10,13H,8-9H2,(H,16,18). The topological polar surface area (TPSA) is 62.6 Å². The molecule has 1 aliphatic rings. The Labute approximate surface area is 116 Å². The molecular weight excluding hydrogens is 256 g/mol. The van der Waals surface area contributed by atoms with Gasteiger partial charge in [0, 0.05) is 13.1 Å². The highest BCUT2D eigenvalue weighted by Gasteiger charge is 2.35. The number of carbonyl (C=O) groups is 2. The van der Waals surface area contributed by atoms with Crippen molar-refractivity contribution in [2.24, 2.45) is 0 Å². The molecule has 1 atom stereocenters. The third-order valence-corrected chi connectivity index (χ3v) is 3.32. The number of amides is 2. The summed E-state index contributed by atoms with van der Waals surface area (Å²) < 4.78 is 5.15. The number of hydrogen-bond acceptors (Lipinski definition) is 3. The van der Waals surface area contributed by atoms with Gasteiger partial charge < -0.3 is 14.6 Å². The second-order valence-corrected chi connectivity index (χ2v) is 4.58. The summed E-state index contributed by atoms with van der Waals surface area (Å²) in [6.45, 7) is 0.916. The van der Waals surface area contributed by atoms with Gasteiger partial charge in [0.1, 0.15) is 6.04 Å². The Morgan fingerprint density at radius 2 is 2.00 bits per heavy atom. The molecule has 102 valence electrons. The number of furan rings is 1. The van der Waals surface area contributed by atoms with E-state index in [0.29, 0.717) is 13.1 Å². The number of rotatable bonds is 2. The first-order chi connectivity index (χ1) is 9.77. The minimum Gasteiger partial charge on any atom is -0.459 e. The third-order valence-electron chi connectivity index (χ3n) is 3.32. The van der Waals surface area contributed by atoms with Crippen LogP contribution in [0.4, 0.5) is 0 Å². The van der Waals surface area contributed by atoms with Crippen molar-refractivity contribution in [2.45, 2.75) is 6.04 Å². The molecular formula is C15H14N2O3. The van der Waals surface area contributed by atoms with Gasteiger partial charge in [0.25, 0.3) is 5.91 Å². The molecule has 0 bridgehead atoms. The summed E-state index contributed by atoms with van der Waals surface area (Å²) in [6.07, 6.45) is 1.45. The highest BCUT2D eigenvalue weighted by atomic mass is 16.3. The fourth-order valence-corrected chi connectivity index (χ4v) is 2.39. The van der Waals surface area contributed by atoms with E-state index in [0.717, 1.165) is 5.56 Å². The van der Waals surface area contributed by atoms with Crippen molar-refractivity contribution < 1.29 is 14.0 Å². The van der Waals surface area contributed by atoms with Gasteiger partial charge in [0.05, 0.1) is 6.26 Å². The van der Waals surface area contributed by atoms with Crippen LogP contribution in [0.15, 0.2) is 53.1 Å². The van der Waals surface area contributed by atoms with Crippen molar-refractivity contribution in [1.29, 1.82) is 0 Å². The highest BCUT2D eigenvalue weighted by Crippen LogP contribution is 2.25. The largest absolute Gasteiger partial charge is 0.459 e. The molecule has 0 saturated carbocycles. The average Bonchev–Trinajstić information content (AvgIpc) is 3.01. The van der Waals surface area contributed by atoms with E-state index in [9.17, 15) is 9.59 Å². The molecule has 2 aromatic rings. The molecule has 1 aromatic carbocycles. The Morgan fingerprint density at radius 3 is 2.70 bits per heavy atom. The number of nitrogens with one attached hydrogen (secondary N) is 1. The maximum Gasteiger partial charge on any atom is 0.290 e. The second kappa shape index (κ2) is 5.21. The summed E-state index contributed by atoms with van der Waals surface area (Å²) in [6, 6.07) is 11.9. The molecule has 5 nitrogen and oxygen atoms in total. The van der Waals surface area contributed by atoms with Crippen LogP contribution >= 0.6 is 0 Å². The molecule has 0 radical (unpaired) electrons. The lowest BCUT2D eigenvalue weighted by atomic mass is 10.0. The van der Waals surface area contributed by atoms with Gasteiger partial charge in [-0.15, -0.1) is 0 Å². The molecule has 1 aromatic heterocycles. The number of piperazine rings is 1. The minimum absolute atomic E-state index is 0.164. The van der Waals surface area contributed by atoms with E-state index in [2.05, 4.69) is 5.32 Å². The maximum atomic E-state index is 12.4. The van der Waals surface area contributed by atoms with Crippen molar-refractivity contribution in [2.75, 3.05) is 13.1 Å². The smallest absolute Gasteiger partial charge is 0.290 e. The molecule has 0 aliphatic carbocycles. The summed E-state index contributed by atoms with van der Waals surface area (Å²) in [4.78, 5) is 26.1. The van der Waals surface area contributed by atoms with Crippen molar-refractivity contribution in [1.82, 2.24) is 10.2 Å². The summed E-state index contributed by atoms with van der Waals surface area (Å²) in [7, 11) is 0. The first-order valence-electron chi connectivity index (χ1n) is 6.44. The molecule has 0 spiro atoms. The molecule has 1 saturated heterocycles. The number of nitrogens with zero attached hydrogens (tertiary/aromatic N) is 1. The molecule has 20 heavy (non-hydrogen) atoms. The molecule has 3 rings (SSSR count). The lowest BCUT2D eigenvalue weighted by molar-refractivity contribution is -0.128. The van der Waals surface area contributed by atoms with E-state index in [1.807, 2.05) is 30.3 Å². The zero-order valence-corrected chi connectivity index (χ0v) is 10.8. The van der Waals surface area contributed by atoms with Crippen molar-refractivity contribution >= 4 is 11.8 Å². The maximum absolute atomic E-state index is 12.4. The molecule has 2 amide bonds. The van der Waals surface area contributed by atoms with Gasteiger partial charge in [0.2, 0.25) is 5.91 Å². The van der Waals surface area contributed by atoms with Crippen LogP contribution in [0.2, 0.25) is 0 Å². The average molecular weight is 270 g/mol. The van der Waals surface area contributed by atoms with Gasteiger partial charge in [-0.1, -0.05) is 30.3 Å². The molecule has 2 heterocycles. The van der Waals surface area contributed by atoms with Crippen LogP contribution in [-0.2, 0) is 4.79 Å². The van der Waals surface area contributed by atoms with Crippen LogP contribution < -0.4 is 5.32 Å². The monoisotopic (exact) mass is 270 g/mol. The predicted molar refractivity (Wildman–Crippen MR) is 71.9 cm³/mol. The Hall–Kier alpha value is -2.56. The first-order valence-corrected chi connectivity index (χ1v) is 6.44. The van der Waals surface area contributed by atoms with Crippen molar-refractivity contribution in [3.8, 4) is 0 Å². The lowest BCUT2D eigenvalue weighted by Gasteiger charge is -2.34. The van der Waals surface area contributed by atoms with Gasteiger partial charge in [0.15, 0.2) is 5.76 Å². The summed E-state index contributed by atoms with van der Waals surface area (Å²) >= 11 is 0. The SMILES string of the molecule is O=C1NCCN(C(=O)c2ccco2)C1c1ccccc1. The van der Waals surface area contributed by atoms with Crippen LogP contribution in [0.3, 0.4) is 0 Å². The Kier molecular flexibility index (Phi) is 3.25. The van der Waals surface area contributed by atoms with Crippen molar-refractivity contribution in [3.05, 3.63) is 60.1 Å². The van der Waals surface area contributed by atoms with E-state index >= 15 is 0 Å². The Balaban J connectivity index is 1.95. The minimum atomic E-state index is -0.609. The van der Waals surface area contributed by atoms with Crippen LogP contribution in [-0.4, -0.2) is 29.8 Å². The van der Waals surface area contributed by atoms with Crippen LogP contribution in [0, 0.1) is 0 Å². The fourth-order valence-electron chi connectivity index (χ4n) is 2.39. The molecule has 1 N–H and O–H groups in total. The quantitative estimate of drug-likeness (QED) is 0.901.